The van der Waals surface area contributed by atoms with E-state index >= 15 is 0 Å². The number of carbonyl (C=O) groups is 1. The van der Waals surface area contributed by atoms with Gasteiger partial charge in [0.15, 0.2) is 0 Å². The summed E-state index contributed by atoms with van der Waals surface area (Å²) in [6, 6.07) is 14.9. The average Bonchev–Trinajstić information content (AvgIpc) is 3.01. The molecule has 0 bridgehead atoms. The lowest BCUT2D eigenvalue weighted by Crippen LogP contribution is -2.24. The highest BCUT2D eigenvalue weighted by Gasteiger charge is 2.14. The predicted molar refractivity (Wildman–Crippen MR) is 111 cm³/mol. The van der Waals surface area contributed by atoms with Gasteiger partial charge in [0, 0.05) is 17.1 Å². The molecule has 0 atom stereocenters. The van der Waals surface area contributed by atoms with Gasteiger partial charge in [-0.2, -0.15) is 5.10 Å². The van der Waals surface area contributed by atoms with E-state index in [0.717, 1.165) is 16.8 Å². The molecule has 0 aliphatic carbocycles. The van der Waals surface area contributed by atoms with Crippen molar-refractivity contribution in [1.82, 2.24) is 15.1 Å². The van der Waals surface area contributed by atoms with E-state index in [4.69, 9.17) is 34.8 Å². The Morgan fingerprint density at radius 2 is 1.78 bits per heavy atom. The van der Waals surface area contributed by atoms with Crippen LogP contribution < -0.4 is 5.32 Å². The molecule has 27 heavy (non-hydrogen) atoms. The van der Waals surface area contributed by atoms with Crippen LogP contribution in [0.4, 0.5) is 0 Å². The van der Waals surface area contributed by atoms with Crippen LogP contribution in [0.25, 0.3) is 11.3 Å². The summed E-state index contributed by atoms with van der Waals surface area (Å²) < 4.78 is 1.86. The molecule has 140 valence electrons. The van der Waals surface area contributed by atoms with Crippen LogP contribution in [0.15, 0.2) is 48.5 Å². The second-order valence-electron chi connectivity index (χ2n) is 6.06. The van der Waals surface area contributed by atoms with Gasteiger partial charge < -0.3 is 5.32 Å². The molecule has 0 aliphatic rings. The van der Waals surface area contributed by atoms with Gasteiger partial charge in [-0.25, -0.2) is 0 Å². The van der Waals surface area contributed by atoms with Gasteiger partial charge >= 0.3 is 0 Å². The molecule has 0 saturated heterocycles. The number of hydrogen-bond acceptors (Lipinski definition) is 2. The maximum absolute atomic E-state index is 12.0. The number of likely N-dealkylation sites (N-methyl/N-ethyl adjacent to an activating group) is 1. The largest absolute Gasteiger partial charge is 0.356 e. The quantitative estimate of drug-likeness (QED) is 0.590. The Hall–Kier alpha value is -2.01. The number of hydrogen-bond donors (Lipinski definition) is 1. The third kappa shape index (κ3) is 5.04. The summed E-state index contributed by atoms with van der Waals surface area (Å²) >= 11 is 18.2. The third-order valence-electron chi connectivity index (χ3n) is 4.01. The summed E-state index contributed by atoms with van der Waals surface area (Å²) in [4.78, 5) is 12.0. The zero-order valence-corrected chi connectivity index (χ0v) is 16.9. The highest BCUT2D eigenvalue weighted by molar-refractivity contribution is 6.42. The fourth-order valence-corrected chi connectivity index (χ4v) is 3.18. The van der Waals surface area contributed by atoms with Crippen molar-refractivity contribution in [2.24, 2.45) is 0 Å². The highest BCUT2D eigenvalue weighted by atomic mass is 35.5. The number of amides is 1. The Morgan fingerprint density at radius 1 is 1.04 bits per heavy atom. The van der Waals surface area contributed by atoms with Gasteiger partial charge in [-0.1, -0.05) is 53.0 Å². The second-order valence-corrected chi connectivity index (χ2v) is 7.32. The van der Waals surface area contributed by atoms with Gasteiger partial charge in [0.05, 0.1) is 34.4 Å². The molecule has 0 unspecified atom stereocenters. The summed E-state index contributed by atoms with van der Waals surface area (Å²) in [6.07, 6.45) is 0.218. The monoisotopic (exact) mass is 421 g/mol. The van der Waals surface area contributed by atoms with Crippen molar-refractivity contribution in [2.75, 3.05) is 6.54 Å². The molecule has 2 aromatic carbocycles. The van der Waals surface area contributed by atoms with Crippen LogP contribution >= 0.6 is 34.8 Å². The van der Waals surface area contributed by atoms with Crippen molar-refractivity contribution in [2.45, 2.75) is 19.9 Å². The molecule has 3 rings (SSSR count). The Balaban J connectivity index is 1.97. The summed E-state index contributed by atoms with van der Waals surface area (Å²) in [5.74, 6) is -0.0608. The maximum Gasteiger partial charge on any atom is 0.226 e. The van der Waals surface area contributed by atoms with Crippen molar-refractivity contribution in [1.29, 1.82) is 0 Å². The van der Waals surface area contributed by atoms with Crippen LogP contribution in [0.2, 0.25) is 15.1 Å². The van der Waals surface area contributed by atoms with E-state index in [9.17, 15) is 4.79 Å². The first-order chi connectivity index (χ1) is 13.0. The van der Waals surface area contributed by atoms with E-state index in [0.29, 0.717) is 33.9 Å². The Kier molecular flexibility index (Phi) is 6.42. The molecule has 0 saturated carbocycles. The minimum absolute atomic E-state index is 0.0608. The molecule has 0 radical (unpaired) electrons. The lowest BCUT2D eigenvalue weighted by atomic mass is 10.1. The van der Waals surface area contributed by atoms with Gasteiger partial charge in [-0.15, -0.1) is 0 Å². The van der Waals surface area contributed by atoms with Crippen LogP contribution in [0.1, 0.15) is 18.2 Å². The first kappa shape index (κ1) is 19.7. The number of benzene rings is 2. The van der Waals surface area contributed by atoms with E-state index in [1.165, 1.54) is 0 Å². The maximum atomic E-state index is 12.0. The smallest absolute Gasteiger partial charge is 0.226 e. The van der Waals surface area contributed by atoms with Crippen molar-refractivity contribution in [3.05, 3.63) is 74.9 Å². The average molecular weight is 423 g/mol. The summed E-state index contributed by atoms with van der Waals surface area (Å²) in [7, 11) is 0. The minimum Gasteiger partial charge on any atom is -0.356 e. The van der Waals surface area contributed by atoms with Crippen LogP contribution in [-0.2, 0) is 17.8 Å². The van der Waals surface area contributed by atoms with Gasteiger partial charge in [0.25, 0.3) is 0 Å². The first-order valence-corrected chi connectivity index (χ1v) is 9.63. The van der Waals surface area contributed by atoms with Crippen molar-refractivity contribution < 1.29 is 4.79 Å². The standard InChI is InChI=1S/C20H18Cl3N3O/c1-2-24-20(27)11-16-10-19(14-5-8-17(22)18(23)9-14)26(25-16)12-13-3-6-15(21)7-4-13/h3-10H,2,11-12H2,1H3,(H,24,27). The normalized spacial score (nSPS) is 10.8. The Morgan fingerprint density at radius 3 is 2.44 bits per heavy atom. The molecule has 0 spiro atoms. The highest BCUT2D eigenvalue weighted by Crippen LogP contribution is 2.29. The lowest BCUT2D eigenvalue weighted by Gasteiger charge is -2.09. The third-order valence-corrected chi connectivity index (χ3v) is 5.00. The summed E-state index contributed by atoms with van der Waals surface area (Å²) in [5.41, 5.74) is 3.49. The van der Waals surface area contributed by atoms with E-state index < -0.39 is 0 Å². The van der Waals surface area contributed by atoms with Crippen LogP contribution in [-0.4, -0.2) is 22.2 Å². The molecule has 1 heterocycles. The zero-order chi connectivity index (χ0) is 19.4. The molecule has 0 fully saturated rings. The molecule has 3 aromatic rings. The van der Waals surface area contributed by atoms with Gasteiger partial charge in [0.2, 0.25) is 5.91 Å². The van der Waals surface area contributed by atoms with Gasteiger partial charge in [-0.05, 0) is 42.8 Å². The van der Waals surface area contributed by atoms with Crippen molar-refractivity contribution in [3.8, 4) is 11.3 Å². The minimum atomic E-state index is -0.0608. The number of aromatic nitrogens is 2. The van der Waals surface area contributed by atoms with Crippen LogP contribution in [0.5, 0.6) is 0 Å². The summed E-state index contributed by atoms with van der Waals surface area (Å²) in [6.45, 7) is 3.02. The van der Waals surface area contributed by atoms with E-state index in [2.05, 4.69) is 10.4 Å². The van der Waals surface area contributed by atoms with Gasteiger partial charge in [-0.3, -0.25) is 9.48 Å². The van der Waals surface area contributed by atoms with Crippen molar-refractivity contribution >= 4 is 40.7 Å². The second kappa shape index (κ2) is 8.79. The summed E-state index contributed by atoms with van der Waals surface area (Å²) in [5, 5.41) is 9.06. The molecule has 4 nitrogen and oxygen atoms in total. The molecular weight excluding hydrogens is 405 g/mol. The fraction of sp³-hybridized carbons (Fsp3) is 0.200. The predicted octanol–water partition coefficient (Wildman–Crippen LogP) is 5.24. The SMILES string of the molecule is CCNC(=O)Cc1cc(-c2ccc(Cl)c(Cl)c2)n(Cc2ccc(Cl)cc2)n1. The van der Waals surface area contributed by atoms with Gasteiger partial charge in [0.1, 0.15) is 0 Å². The number of rotatable bonds is 6. The molecular formula is C20H18Cl3N3O. The van der Waals surface area contributed by atoms with Crippen LogP contribution in [0.3, 0.4) is 0 Å². The molecule has 1 aromatic heterocycles. The number of carbonyl (C=O) groups excluding carboxylic acids is 1. The van der Waals surface area contributed by atoms with Crippen LogP contribution in [0, 0.1) is 0 Å². The lowest BCUT2D eigenvalue weighted by molar-refractivity contribution is -0.120. The van der Waals surface area contributed by atoms with E-state index in [-0.39, 0.29) is 12.3 Å². The molecule has 1 amide bonds. The molecule has 1 N–H and O–H groups in total. The molecule has 7 heteroatoms. The fourth-order valence-electron chi connectivity index (χ4n) is 2.75. The Labute approximate surface area is 173 Å². The van der Waals surface area contributed by atoms with E-state index in [1.807, 2.05) is 48.0 Å². The number of halogens is 3. The Bertz CT molecular complexity index is 952. The number of nitrogens with one attached hydrogen (secondary N) is 1. The zero-order valence-electron chi connectivity index (χ0n) is 14.7. The topological polar surface area (TPSA) is 46.9 Å². The van der Waals surface area contributed by atoms with Crippen molar-refractivity contribution in [3.63, 3.8) is 0 Å². The number of nitrogens with zero attached hydrogens (tertiary/aromatic N) is 2. The van der Waals surface area contributed by atoms with E-state index in [1.54, 1.807) is 12.1 Å². The molecule has 0 aliphatic heterocycles. The first-order valence-electron chi connectivity index (χ1n) is 8.49.